The molecule has 1 atom stereocenters. The summed E-state index contributed by atoms with van der Waals surface area (Å²) < 4.78 is 45.1. The van der Waals surface area contributed by atoms with Crippen LogP contribution < -0.4 is 0 Å². The highest BCUT2D eigenvalue weighted by Crippen LogP contribution is 2.38. The minimum Gasteiger partial charge on any atom is -0.479 e. The third-order valence-electron chi connectivity index (χ3n) is 4.31. The average molecular weight is 373 g/mol. The van der Waals surface area contributed by atoms with Crippen LogP contribution in [0.3, 0.4) is 0 Å². The van der Waals surface area contributed by atoms with Crippen molar-refractivity contribution < 1.29 is 32.6 Å². The van der Waals surface area contributed by atoms with Crippen LogP contribution in [-0.4, -0.2) is 39.8 Å². The van der Waals surface area contributed by atoms with Crippen LogP contribution >= 0.6 is 0 Å². The van der Waals surface area contributed by atoms with Gasteiger partial charge in [-0.15, -0.1) is 0 Å². The van der Waals surface area contributed by atoms with Gasteiger partial charge >= 0.3 is 18.2 Å². The van der Waals surface area contributed by atoms with Crippen LogP contribution in [-0.2, 0) is 22.1 Å². The van der Waals surface area contributed by atoms with Gasteiger partial charge in [-0.2, -0.15) is 13.2 Å². The van der Waals surface area contributed by atoms with Crippen LogP contribution in [0.1, 0.15) is 44.7 Å². The monoisotopic (exact) mass is 373 g/mol. The fourth-order valence-corrected chi connectivity index (χ4v) is 3.21. The van der Waals surface area contributed by atoms with E-state index in [0.717, 1.165) is 11.0 Å². The van der Waals surface area contributed by atoms with E-state index in [9.17, 15) is 27.9 Å². The minimum absolute atomic E-state index is 0.0633. The lowest BCUT2D eigenvalue weighted by Crippen LogP contribution is -2.55. The fourth-order valence-electron chi connectivity index (χ4n) is 3.21. The number of nitrogens with zero attached hydrogens (tertiary/aromatic N) is 1. The molecule has 0 saturated carbocycles. The van der Waals surface area contributed by atoms with E-state index >= 15 is 0 Å². The molecule has 2 rings (SSSR count). The van der Waals surface area contributed by atoms with Crippen molar-refractivity contribution in [3.63, 3.8) is 0 Å². The largest absolute Gasteiger partial charge is 0.479 e. The average Bonchev–Trinajstić information content (AvgIpc) is 2.90. The van der Waals surface area contributed by atoms with Crippen LogP contribution in [0.25, 0.3) is 0 Å². The first-order valence-corrected chi connectivity index (χ1v) is 8.26. The second-order valence-electron chi connectivity index (χ2n) is 7.40. The van der Waals surface area contributed by atoms with E-state index in [2.05, 4.69) is 0 Å². The molecule has 0 aromatic heterocycles. The van der Waals surface area contributed by atoms with Crippen molar-refractivity contribution in [2.75, 3.05) is 6.54 Å². The molecular formula is C18H22F3NO4. The quantitative estimate of drug-likeness (QED) is 0.866. The summed E-state index contributed by atoms with van der Waals surface area (Å²) in [5.74, 6) is -1.34. The molecule has 0 bridgehead atoms. The third kappa shape index (κ3) is 4.11. The van der Waals surface area contributed by atoms with Gasteiger partial charge in [0.05, 0.1) is 5.56 Å². The van der Waals surface area contributed by atoms with E-state index < -0.39 is 41.4 Å². The number of carboxylic acids is 1. The molecule has 1 unspecified atom stereocenters. The number of amides is 1. The van der Waals surface area contributed by atoms with Crippen molar-refractivity contribution in [3.05, 3.63) is 35.4 Å². The van der Waals surface area contributed by atoms with Crippen LogP contribution in [0, 0.1) is 0 Å². The number of benzene rings is 1. The number of carboxylic acid groups (broad SMARTS) is 1. The van der Waals surface area contributed by atoms with E-state index in [1.807, 2.05) is 0 Å². The van der Waals surface area contributed by atoms with Gasteiger partial charge in [0.2, 0.25) is 0 Å². The molecule has 144 valence electrons. The predicted molar refractivity (Wildman–Crippen MR) is 87.7 cm³/mol. The number of hydrogen-bond acceptors (Lipinski definition) is 3. The Labute approximate surface area is 149 Å². The van der Waals surface area contributed by atoms with Gasteiger partial charge in [0.15, 0.2) is 0 Å². The SMILES string of the molecule is CC(C)(C)OC(=O)N1CCCC1(Cc1ccccc1C(F)(F)F)C(=O)O. The number of carbonyl (C=O) groups is 2. The van der Waals surface area contributed by atoms with Crippen molar-refractivity contribution in [1.29, 1.82) is 0 Å². The molecule has 26 heavy (non-hydrogen) atoms. The van der Waals surface area contributed by atoms with Gasteiger partial charge in [0, 0.05) is 13.0 Å². The highest BCUT2D eigenvalue weighted by molar-refractivity contribution is 5.85. The number of alkyl halides is 3. The lowest BCUT2D eigenvalue weighted by molar-refractivity contribution is -0.150. The summed E-state index contributed by atoms with van der Waals surface area (Å²) >= 11 is 0. The summed E-state index contributed by atoms with van der Waals surface area (Å²) in [6.07, 6.45) is -5.43. The Morgan fingerprint density at radius 2 is 1.85 bits per heavy atom. The second-order valence-corrected chi connectivity index (χ2v) is 7.40. The summed E-state index contributed by atoms with van der Waals surface area (Å²) in [5.41, 5.74) is -3.65. The lowest BCUT2D eigenvalue weighted by Gasteiger charge is -2.36. The van der Waals surface area contributed by atoms with Crippen molar-refractivity contribution >= 4 is 12.1 Å². The topological polar surface area (TPSA) is 66.8 Å². The van der Waals surface area contributed by atoms with Gasteiger partial charge < -0.3 is 9.84 Å². The first-order chi connectivity index (χ1) is 11.9. The molecule has 1 aliphatic heterocycles. The third-order valence-corrected chi connectivity index (χ3v) is 4.31. The zero-order valence-corrected chi connectivity index (χ0v) is 14.9. The van der Waals surface area contributed by atoms with Gasteiger partial charge in [-0.05, 0) is 45.2 Å². The van der Waals surface area contributed by atoms with Gasteiger partial charge in [-0.1, -0.05) is 18.2 Å². The van der Waals surface area contributed by atoms with Crippen molar-refractivity contribution in [2.45, 2.75) is 57.3 Å². The van der Waals surface area contributed by atoms with E-state index in [0.29, 0.717) is 6.42 Å². The maximum absolute atomic E-state index is 13.3. The maximum atomic E-state index is 13.3. The molecule has 0 spiro atoms. The Morgan fingerprint density at radius 1 is 1.23 bits per heavy atom. The summed E-state index contributed by atoms with van der Waals surface area (Å²) in [6, 6.07) is 4.84. The van der Waals surface area contributed by atoms with Crippen LogP contribution in [0.2, 0.25) is 0 Å². The molecule has 1 aromatic carbocycles. The molecule has 0 aliphatic carbocycles. The molecule has 1 amide bonds. The molecule has 1 saturated heterocycles. The predicted octanol–water partition coefficient (Wildman–Crippen LogP) is 4.10. The summed E-state index contributed by atoms with van der Waals surface area (Å²) in [5, 5.41) is 9.81. The van der Waals surface area contributed by atoms with Crippen molar-refractivity contribution in [3.8, 4) is 0 Å². The van der Waals surface area contributed by atoms with Crippen LogP contribution in [0.4, 0.5) is 18.0 Å². The standard InChI is InChI=1S/C18H22F3NO4/c1-16(2,3)26-15(25)22-10-6-9-17(22,14(23)24)11-12-7-4-5-8-13(12)18(19,20)21/h4-5,7-8H,6,9-11H2,1-3H3,(H,23,24). The Kier molecular flexibility index (Phi) is 5.26. The van der Waals surface area contributed by atoms with Gasteiger partial charge in [-0.25, -0.2) is 9.59 Å². The number of likely N-dealkylation sites (tertiary alicyclic amines) is 1. The van der Waals surface area contributed by atoms with Crippen molar-refractivity contribution in [2.24, 2.45) is 0 Å². The Bertz CT molecular complexity index is 696. The highest BCUT2D eigenvalue weighted by Gasteiger charge is 2.52. The van der Waals surface area contributed by atoms with Gasteiger partial charge in [0.1, 0.15) is 11.1 Å². The fraction of sp³-hybridized carbons (Fsp3) is 0.556. The number of aliphatic carboxylic acids is 1. The lowest BCUT2D eigenvalue weighted by atomic mass is 9.86. The number of hydrogen-bond donors (Lipinski definition) is 1. The molecule has 1 aliphatic rings. The van der Waals surface area contributed by atoms with E-state index in [-0.39, 0.29) is 18.5 Å². The van der Waals surface area contributed by atoms with Gasteiger partial charge in [-0.3, -0.25) is 4.90 Å². The van der Waals surface area contributed by atoms with Crippen molar-refractivity contribution in [1.82, 2.24) is 4.90 Å². The highest BCUT2D eigenvalue weighted by atomic mass is 19.4. The second kappa shape index (κ2) is 6.81. The molecule has 1 heterocycles. The Hall–Kier alpha value is -2.25. The molecule has 1 fully saturated rings. The minimum atomic E-state index is -4.61. The number of halogens is 3. The number of rotatable bonds is 3. The first kappa shape index (κ1) is 20.1. The molecule has 0 radical (unpaired) electrons. The zero-order valence-electron chi connectivity index (χ0n) is 14.9. The maximum Gasteiger partial charge on any atom is 0.416 e. The molecule has 1 aromatic rings. The van der Waals surface area contributed by atoms with Crippen LogP contribution in [0.5, 0.6) is 0 Å². The normalized spacial score (nSPS) is 20.9. The smallest absolute Gasteiger partial charge is 0.416 e. The summed E-state index contributed by atoms with van der Waals surface area (Å²) in [7, 11) is 0. The molecule has 1 N–H and O–H groups in total. The van der Waals surface area contributed by atoms with Crippen LogP contribution in [0.15, 0.2) is 24.3 Å². The van der Waals surface area contributed by atoms with E-state index in [4.69, 9.17) is 4.74 Å². The molecule has 5 nitrogen and oxygen atoms in total. The number of ether oxygens (including phenoxy) is 1. The summed E-state index contributed by atoms with van der Waals surface area (Å²) in [6.45, 7) is 5.04. The first-order valence-electron chi connectivity index (χ1n) is 8.26. The number of carbonyl (C=O) groups excluding carboxylic acids is 1. The Balaban J connectivity index is 2.42. The Morgan fingerprint density at radius 3 is 2.38 bits per heavy atom. The van der Waals surface area contributed by atoms with Gasteiger partial charge in [0.25, 0.3) is 0 Å². The summed E-state index contributed by atoms with van der Waals surface area (Å²) in [4.78, 5) is 25.6. The van der Waals surface area contributed by atoms with E-state index in [1.165, 1.54) is 18.2 Å². The molecular weight excluding hydrogens is 351 g/mol. The molecule has 8 heteroatoms. The zero-order chi connectivity index (χ0) is 19.8. The van der Waals surface area contributed by atoms with E-state index in [1.54, 1.807) is 20.8 Å².